The van der Waals surface area contributed by atoms with E-state index in [4.69, 9.17) is 4.74 Å². The van der Waals surface area contributed by atoms with Gasteiger partial charge >= 0.3 is 0 Å². The molecule has 6 nitrogen and oxygen atoms in total. The second-order valence-electron chi connectivity index (χ2n) is 7.69. The molecule has 0 aromatic heterocycles. The Balaban J connectivity index is 1.40. The molecular weight excluding hydrogens is 330 g/mol. The first-order valence-electron chi connectivity index (χ1n) is 9.59. The Morgan fingerprint density at radius 3 is 2.85 bits per heavy atom. The third-order valence-corrected chi connectivity index (χ3v) is 6.06. The summed E-state index contributed by atoms with van der Waals surface area (Å²) in [6.07, 6.45) is 3.19. The van der Waals surface area contributed by atoms with Gasteiger partial charge in [-0.1, -0.05) is 18.6 Å². The Morgan fingerprint density at radius 2 is 2.08 bits per heavy atom. The number of piperazine rings is 1. The summed E-state index contributed by atoms with van der Waals surface area (Å²) in [5, 5.41) is 3.09. The Bertz CT molecular complexity index is 702. The number of carbonyl (C=O) groups is 2. The summed E-state index contributed by atoms with van der Waals surface area (Å²) in [4.78, 5) is 29.4. The predicted octanol–water partition coefficient (Wildman–Crippen LogP) is 1.39. The molecule has 1 atom stereocenters. The van der Waals surface area contributed by atoms with Gasteiger partial charge in [-0.15, -0.1) is 0 Å². The minimum atomic E-state index is 0.0794. The van der Waals surface area contributed by atoms with Crippen molar-refractivity contribution in [1.82, 2.24) is 15.1 Å². The van der Waals surface area contributed by atoms with Crippen molar-refractivity contribution >= 4 is 11.8 Å². The van der Waals surface area contributed by atoms with Crippen LogP contribution in [0.3, 0.4) is 0 Å². The predicted molar refractivity (Wildman–Crippen MR) is 97.6 cm³/mol. The Kier molecular flexibility index (Phi) is 4.96. The highest BCUT2D eigenvalue weighted by molar-refractivity contribution is 5.96. The molecule has 1 N–H and O–H groups in total. The Labute approximate surface area is 154 Å². The van der Waals surface area contributed by atoms with Crippen LogP contribution in [0.2, 0.25) is 0 Å². The molecule has 1 aromatic rings. The van der Waals surface area contributed by atoms with Gasteiger partial charge in [-0.05, 0) is 37.1 Å². The van der Waals surface area contributed by atoms with Gasteiger partial charge in [0, 0.05) is 43.7 Å². The lowest BCUT2D eigenvalue weighted by molar-refractivity contribution is -0.127. The molecular formula is C20H27N3O3. The van der Waals surface area contributed by atoms with Crippen molar-refractivity contribution in [2.75, 3.05) is 33.2 Å². The van der Waals surface area contributed by atoms with Gasteiger partial charge in [-0.2, -0.15) is 0 Å². The minimum absolute atomic E-state index is 0.0794. The van der Waals surface area contributed by atoms with E-state index in [9.17, 15) is 9.59 Å². The molecule has 140 valence electrons. The largest absolute Gasteiger partial charge is 0.372 e. The molecule has 1 aliphatic carbocycles. The van der Waals surface area contributed by atoms with Crippen LogP contribution in [0.25, 0.3) is 0 Å². The summed E-state index contributed by atoms with van der Waals surface area (Å²) >= 11 is 0. The first-order chi connectivity index (χ1) is 12.6. The third kappa shape index (κ3) is 3.35. The molecule has 0 radical (unpaired) electrons. The molecule has 1 saturated carbocycles. The first kappa shape index (κ1) is 17.5. The minimum Gasteiger partial charge on any atom is -0.372 e. The number of rotatable bonds is 4. The van der Waals surface area contributed by atoms with Gasteiger partial charge in [0.2, 0.25) is 5.91 Å². The number of nitrogens with one attached hydrogen (secondary N) is 1. The van der Waals surface area contributed by atoms with Gasteiger partial charge in [0.1, 0.15) is 0 Å². The molecule has 4 rings (SSSR count). The highest BCUT2D eigenvalue weighted by Crippen LogP contribution is 2.27. The number of nitrogens with zero attached hydrogens (tertiary/aromatic N) is 2. The van der Waals surface area contributed by atoms with E-state index >= 15 is 0 Å². The second-order valence-corrected chi connectivity index (χ2v) is 7.69. The van der Waals surface area contributed by atoms with Gasteiger partial charge in [0.25, 0.3) is 5.91 Å². The van der Waals surface area contributed by atoms with Gasteiger partial charge in [0.15, 0.2) is 0 Å². The second kappa shape index (κ2) is 7.37. The van der Waals surface area contributed by atoms with E-state index in [1.807, 2.05) is 23.1 Å². The zero-order chi connectivity index (χ0) is 18.1. The van der Waals surface area contributed by atoms with E-state index in [-0.39, 0.29) is 23.8 Å². The number of hydrogen-bond donors (Lipinski definition) is 1. The summed E-state index contributed by atoms with van der Waals surface area (Å²) in [7, 11) is 2.07. The molecule has 3 aliphatic rings. The lowest BCUT2D eigenvalue weighted by Crippen LogP contribution is -2.57. The summed E-state index contributed by atoms with van der Waals surface area (Å²) in [6, 6.07) is 6.03. The van der Waals surface area contributed by atoms with E-state index in [1.54, 1.807) is 0 Å². The maximum absolute atomic E-state index is 13.1. The van der Waals surface area contributed by atoms with E-state index in [0.29, 0.717) is 32.8 Å². The van der Waals surface area contributed by atoms with Crippen LogP contribution in [-0.2, 0) is 22.7 Å². The van der Waals surface area contributed by atoms with Crippen LogP contribution in [0.15, 0.2) is 18.2 Å². The molecule has 0 bridgehead atoms. The summed E-state index contributed by atoms with van der Waals surface area (Å²) in [5.74, 6) is 0.454. The van der Waals surface area contributed by atoms with E-state index in [0.717, 1.165) is 42.5 Å². The van der Waals surface area contributed by atoms with Crippen molar-refractivity contribution in [3.8, 4) is 0 Å². The van der Waals surface area contributed by atoms with Crippen molar-refractivity contribution in [2.45, 2.75) is 38.5 Å². The maximum atomic E-state index is 13.1. The Hall–Kier alpha value is -1.92. The zero-order valence-electron chi connectivity index (χ0n) is 15.4. The molecule has 1 aromatic carbocycles. The van der Waals surface area contributed by atoms with Crippen LogP contribution in [0.1, 0.15) is 40.7 Å². The summed E-state index contributed by atoms with van der Waals surface area (Å²) in [5.41, 5.74) is 2.92. The topological polar surface area (TPSA) is 61.9 Å². The highest BCUT2D eigenvalue weighted by atomic mass is 16.5. The molecule has 2 aliphatic heterocycles. The molecule has 2 fully saturated rings. The van der Waals surface area contributed by atoms with Crippen molar-refractivity contribution < 1.29 is 14.3 Å². The fourth-order valence-corrected chi connectivity index (χ4v) is 3.96. The molecule has 0 spiro atoms. The van der Waals surface area contributed by atoms with Crippen molar-refractivity contribution in [2.24, 2.45) is 5.92 Å². The first-order valence-corrected chi connectivity index (χ1v) is 9.59. The molecule has 26 heavy (non-hydrogen) atoms. The van der Waals surface area contributed by atoms with Gasteiger partial charge in [-0.25, -0.2) is 0 Å². The monoisotopic (exact) mass is 357 g/mol. The van der Waals surface area contributed by atoms with Crippen molar-refractivity contribution in [3.63, 3.8) is 0 Å². The average molecular weight is 357 g/mol. The lowest BCUT2D eigenvalue weighted by Gasteiger charge is -2.40. The number of hydrogen-bond acceptors (Lipinski definition) is 4. The van der Waals surface area contributed by atoms with Gasteiger partial charge in [0.05, 0.1) is 13.2 Å². The molecule has 1 saturated heterocycles. The van der Waals surface area contributed by atoms with Crippen LogP contribution >= 0.6 is 0 Å². The van der Waals surface area contributed by atoms with E-state index in [2.05, 4.69) is 17.3 Å². The average Bonchev–Trinajstić information content (AvgIpc) is 3.07. The normalized spacial score (nSPS) is 23.4. The number of carbonyl (C=O) groups excluding carboxylic acids is 2. The maximum Gasteiger partial charge on any atom is 0.254 e. The third-order valence-electron chi connectivity index (χ3n) is 6.06. The molecule has 2 amide bonds. The SMILES string of the molecule is CN1CCN(C(=O)c2cccc3c2COC3)CC1CNC(=O)C1CCC1. The smallest absolute Gasteiger partial charge is 0.254 e. The number of ether oxygens (including phenoxy) is 1. The number of benzene rings is 1. The number of fused-ring (bicyclic) bond motifs is 1. The quantitative estimate of drug-likeness (QED) is 0.885. The zero-order valence-corrected chi connectivity index (χ0v) is 15.4. The molecule has 6 heteroatoms. The fourth-order valence-electron chi connectivity index (χ4n) is 3.96. The fraction of sp³-hybridized carbons (Fsp3) is 0.600. The van der Waals surface area contributed by atoms with Crippen molar-refractivity contribution in [3.05, 3.63) is 34.9 Å². The van der Waals surface area contributed by atoms with Crippen LogP contribution in [-0.4, -0.2) is 60.9 Å². The van der Waals surface area contributed by atoms with Crippen LogP contribution in [0.5, 0.6) is 0 Å². The van der Waals surface area contributed by atoms with Gasteiger partial charge < -0.3 is 15.0 Å². The van der Waals surface area contributed by atoms with E-state index in [1.165, 1.54) is 0 Å². The van der Waals surface area contributed by atoms with Gasteiger partial charge in [-0.3, -0.25) is 14.5 Å². The molecule has 2 heterocycles. The standard InChI is InChI=1S/C20H27N3O3/c1-22-8-9-23(11-16(22)10-21-19(24)14-4-2-5-14)20(25)17-7-3-6-15-12-26-13-18(15)17/h3,6-7,14,16H,2,4-5,8-13H2,1H3,(H,21,24). The van der Waals surface area contributed by atoms with Crippen LogP contribution in [0, 0.1) is 5.92 Å². The summed E-state index contributed by atoms with van der Waals surface area (Å²) in [6.45, 7) is 3.89. The lowest BCUT2D eigenvalue weighted by atomic mass is 9.85. The van der Waals surface area contributed by atoms with E-state index < -0.39 is 0 Å². The summed E-state index contributed by atoms with van der Waals surface area (Å²) < 4.78 is 5.51. The highest BCUT2D eigenvalue weighted by Gasteiger charge is 2.31. The number of amides is 2. The molecule has 1 unspecified atom stereocenters. The number of likely N-dealkylation sites (N-methyl/N-ethyl adjacent to an activating group) is 1. The van der Waals surface area contributed by atoms with Crippen molar-refractivity contribution in [1.29, 1.82) is 0 Å². The van der Waals surface area contributed by atoms with Crippen LogP contribution in [0.4, 0.5) is 0 Å². The Morgan fingerprint density at radius 1 is 1.23 bits per heavy atom. The van der Waals surface area contributed by atoms with Crippen LogP contribution < -0.4 is 5.32 Å².